The van der Waals surface area contributed by atoms with E-state index in [0.29, 0.717) is 5.13 Å². The molecule has 5 nitrogen and oxygen atoms in total. The van der Waals surface area contributed by atoms with E-state index in [1.165, 1.54) is 16.0 Å². The first-order chi connectivity index (χ1) is 11.3. The van der Waals surface area contributed by atoms with Crippen LogP contribution < -0.4 is 5.32 Å². The summed E-state index contributed by atoms with van der Waals surface area (Å²) >= 11 is 3.01. The number of carbonyl (C=O) groups is 1. The van der Waals surface area contributed by atoms with E-state index in [9.17, 15) is 4.79 Å². The summed E-state index contributed by atoms with van der Waals surface area (Å²) in [5.41, 5.74) is 2.62. The van der Waals surface area contributed by atoms with Crippen molar-refractivity contribution in [1.82, 2.24) is 15.2 Å². The van der Waals surface area contributed by atoms with Crippen molar-refractivity contribution in [3.05, 3.63) is 46.9 Å². The molecule has 1 aliphatic rings. The van der Waals surface area contributed by atoms with Gasteiger partial charge in [-0.3, -0.25) is 4.79 Å². The van der Waals surface area contributed by atoms with Crippen molar-refractivity contribution >= 4 is 43.9 Å². The van der Waals surface area contributed by atoms with E-state index >= 15 is 0 Å². The summed E-state index contributed by atoms with van der Waals surface area (Å²) in [6.45, 7) is 0. The van der Waals surface area contributed by atoms with E-state index in [2.05, 4.69) is 33.7 Å². The number of nitrogens with one attached hydrogen (secondary N) is 1. The third-order valence-corrected chi connectivity index (χ3v) is 5.76. The fourth-order valence-corrected chi connectivity index (χ4v) is 4.45. The molecule has 2 heterocycles. The van der Waals surface area contributed by atoms with Gasteiger partial charge < -0.3 is 5.32 Å². The Kier molecular flexibility index (Phi) is 3.88. The van der Waals surface area contributed by atoms with Crippen molar-refractivity contribution in [1.29, 1.82) is 0 Å². The van der Waals surface area contributed by atoms with Gasteiger partial charge in [0.15, 0.2) is 0 Å². The first-order valence-corrected chi connectivity index (χ1v) is 9.08. The molecule has 1 aliphatic carbocycles. The summed E-state index contributed by atoms with van der Waals surface area (Å²) in [5.74, 6) is -0.00913. The smallest absolute Gasteiger partial charge is 0.230 e. The van der Waals surface area contributed by atoms with Gasteiger partial charge in [0.2, 0.25) is 11.0 Å². The van der Waals surface area contributed by atoms with E-state index in [4.69, 9.17) is 4.98 Å². The lowest BCUT2D eigenvalue weighted by atomic mass is 9.83. The highest BCUT2D eigenvalue weighted by Crippen LogP contribution is 2.39. The molecule has 0 aliphatic heterocycles. The van der Waals surface area contributed by atoms with Crippen LogP contribution in [-0.2, 0) is 4.79 Å². The van der Waals surface area contributed by atoms with Gasteiger partial charge in [0.05, 0.1) is 21.1 Å². The van der Waals surface area contributed by atoms with Gasteiger partial charge in [0.1, 0.15) is 5.51 Å². The Hall–Kier alpha value is -2.12. The van der Waals surface area contributed by atoms with Gasteiger partial charge in [-0.25, -0.2) is 4.98 Å². The third kappa shape index (κ3) is 2.89. The maximum Gasteiger partial charge on any atom is 0.230 e. The summed E-state index contributed by atoms with van der Waals surface area (Å²) < 4.78 is 1.17. The van der Waals surface area contributed by atoms with E-state index in [1.807, 2.05) is 18.2 Å². The average Bonchev–Trinajstić information content (AvgIpc) is 3.23. The zero-order valence-corrected chi connectivity index (χ0v) is 13.8. The van der Waals surface area contributed by atoms with E-state index in [0.717, 1.165) is 23.4 Å². The second-order valence-corrected chi connectivity index (χ2v) is 7.30. The van der Waals surface area contributed by atoms with Crippen molar-refractivity contribution in [2.24, 2.45) is 5.92 Å². The summed E-state index contributed by atoms with van der Waals surface area (Å²) in [5, 5.41) is 12.1. The second kappa shape index (κ2) is 6.17. The first kappa shape index (κ1) is 14.5. The van der Waals surface area contributed by atoms with Crippen LogP contribution in [0.2, 0.25) is 0 Å². The molecule has 3 aromatic rings. The van der Waals surface area contributed by atoms with Crippen LogP contribution >= 0.6 is 22.7 Å². The Balaban J connectivity index is 1.62. The lowest BCUT2D eigenvalue weighted by Crippen LogP contribution is -2.29. The highest BCUT2D eigenvalue weighted by atomic mass is 32.1. The van der Waals surface area contributed by atoms with Crippen molar-refractivity contribution in [3.8, 4) is 0 Å². The Labute approximate surface area is 141 Å². The van der Waals surface area contributed by atoms with Crippen LogP contribution in [-0.4, -0.2) is 21.1 Å². The molecule has 0 radical (unpaired) electrons. The molecule has 0 unspecified atom stereocenters. The number of carbonyl (C=O) groups excluding carboxylic acids is 1. The number of hydrogen-bond acceptors (Lipinski definition) is 6. The number of anilines is 1. The predicted octanol–water partition coefficient (Wildman–Crippen LogP) is 3.84. The molecular weight excluding hydrogens is 328 g/mol. The molecule has 0 saturated heterocycles. The van der Waals surface area contributed by atoms with Crippen LogP contribution in [0.1, 0.15) is 23.8 Å². The largest absolute Gasteiger partial charge is 0.300 e. The van der Waals surface area contributed by atoms with Crippen molar-refractivity contribution in [2.45, 2.75) is 18.8 Å². The van der Waals surface area contributed by atoms with Gasteiger partial charge in [0, 0.05) is 5.92 Å². The molecule has 1 N–H and O–H groups in total. The molecule has 1 aromatic carbocycles. The zero-order valence-electron chi connectivity index (χ0n) is 12.2. The number of aromatic nitrogens is 3. The molecule has 0 bridgehead atoms. The Morgan fingerprint density at radius 3 is 2.91 bits per heavy atom. The van der Waals surface area contributed by atoms with E-state index in [-0.39, 0.29) is 17.7 Å². The number of hydrogen-bond donors (Lipinski definition) is 1. The van der Waals surface area contributed by atoms with Gasteiger partial charge in [-0.2, -0.15) is 0 Å². The fraction of sp³-hybridized carbons (Fsp3) is 0.250. The maximum atomic E-state index is 12.6. The fourth-order valence-electron chi connectivity index (χ4n) is 2.85. The molecule has 0 saturated carbocycles. The molecule has 23 heavy (non-hydrogen) atoms. The normalized spacial score (nSPS) is 20.7. The van der Waals surface area contributed by atoms with Gasteiger partial charge in [-0.1, -0.05) is 35.6 Å². The minimum Gasteiger partial charge on any atom is -0.300 e. The molecule has 7 heteroatoms. The number of thiazole rings is 1. The van der Waals surface area contributed by atoms with Crippen molar-refractivity contribution < 1.29 is 4.79 Å². The van der Waals surface area contributed by atoms with Crippen LogP contribution in [0.15, 0.2) is 41.9 Å². The topological polar surface area (TPSA) is 67.8 Å². The van der Waals surface area contributed by atoms with Gasteiger partial charge in [0.25, 0.3) is 0 Å². The molecule has 1 amide bonds. The molecule has 2 atom stereocenters. The van der Waals surface area contributed by atoms with Crippen molar-refractivity contribution in [2.75, 3.05) is 5.32 Å². The highest BCUT2D eigenvalue weighted by Gasteiger charge is 2.32. The number of benzene rings is 1. The second-order valence-electron chi connectivity index (χ2n) is 5.41. The Bertz CT molecular complexity index is 823. The molecular formula is C16H14N4OS2. The predicted molar refractivity (Wildman–Crippen MR) is 92.8 cm³/mol. The quantitative estimate of drug-likeness (QED) is 0.734. The number of amides is 1. The van der Waals surface area contributed by atoms with E-state index < -0.39 is 0 Å². The lowest BCUT2D eigenvalue weighted by Gasteiger charge is -2.25. The molecule has 2 aromatic heterocycles. The minimum atomic E-state index is -0.121. The van der Waals surface area contributed by atoms with Crippen LogP contribution in [0.5, 0.6) is 0 Å². The number of allylic oxidation sites excluding steroid dienone is 2. The summed E-state index contributed by atoms with van der Waals surface area (Å²) in [6.07, 6.45) is 5.79. The lowest BCUT2D eigenvalue weighted by molar-refractivity contribution is -0.120. The molecule has 0 spiro atoms. The standard InChI is InChI=1S/C16H14N4OS2/c21-14(19-16-20-17-9-22-16)10-5-1-2-6-11(10)15-18-12-7-3-4-8-13(12)23-15/h1-4,7-11H,5-6H2,(H,19,20,21)/t10-,11+/m0/s1. The van der Waals surface area contributed by atoms with Gasteiger partial charge in [-0.15, -0.1) is 21.5 Å². The maximum absolute atomic E-state index is 12.6. The summed E-state index contributed by atoms with van der Waals surface area (Å²) in [7, 11) is 0. The third-order valence-electron chi connectivity index (χ3n) is 3.99. The monoisotopic (exact) mass is 342 g/mol. The summed E-state index contributed by atoms with van der Waals surface area (Å²) in [4.78, 5) is 17.4. The van der Waals surface area contributed by atoms with Gasteiger partial charge in [-0.05, 0) is 25.0 Å². The Morgan fingerprint density at radius 2 is 2.09 bits per heavy atom. The zero-order chi connectivity index (χ0) is 15.6. The minimum absolute atomic E-state index is 0.00430. The van der Waals surface area contributed by atoms with Crippen LogP contribution in [0, 0.1) is 5.92 Å². The first-order valence-electron chi connectivity index (χ1n) is 7.39. The SMILES string of the molecule is O=C(Nc1nncs1)[C@H]1CC=CC[C@H]1c1nc2ccccc2s1. The highest BCUT2D eigenvalue weighted by molar-refractivity contribution is 7.18. The molecule has 0 fully saturated rings. The number of fused-ring (bicyclic) bond motifs is 1. The summed E-state index contributed by atoms with van der Waals surface area (Å²) in [6, 6.07) is 8.10. The average molecular weight is 342 g/mol. The number of para-hydroxylation sites is 1. The Morgan fingerprint density at radius 1 is 1.22 bits per heavy atom. The van der Waals surface area contributed by atoms with Crippen LogP contribution in [0.4, 0.5) is 5.13 Å². The van der Waals surface area contributed by atoms with E-state index in [1.54, 1.807) is 16.8 Å². The van der Waals surface area contributed by atoms with Crippen molar-refractivity contribution in [3.63, 3.8) is 0 Å². The molecule has 116 valence electrons. The van der Waals surface area contributed by atoms with Crippen LogP contribution in [0.25, 0.3) is 10.2 Å². The number of rotatable bonds is 3. The van der Waals surface area contributed by atoms with Crippen LogP contribution in [0.3, 0.4) is 0 Å². The molecule has 4 rings (SSSR count). The number of nitrogens with zero attached hydrogens (tertiary/aromatic N) is 3. The van der Waals surface area contributed by atoms with Gasteiger partial charge >= 0.3 is 0 Å².